The van der Waals surface area contributed by atoms with Gasteiger partial charge < -0.3 is 5.11 Å². The zero-order chi connectivity index (χ0) is 11.6. The molecule has 0 heterocycles. The average molecular weight is 216 g/mol. The van der Waals surface area contributed by atoms with E-state index in [1.54, 1.807) is 0 Å². The first kappa shape index (κ1) is 10.9. The summed E-state index contributed by atoms with van der Waals surface area (Å²) < 4.78 is 13.0. The van der Waals surface area contributed by atoms with Crippen LogP contribution in [0.4, 0.5) is 15.8 Å². The molecule has 0 atom stereocenters. The first-order chi connectivity index (χ1) is 6.97. The fourth-order valence-corrected chi connectivity index (χ4v) is 0.967. The molecular formula is C7H5FN2O5. The van der Waals surface area contributed by atoms with Crippen LogP contribution in [0.1, 0.15) is 10.4 Å². The van der Waals surface area contributed by atoms with Crippen LogP contribution in [0.5, 0.6) is 0 Å². The number of nitro benzene ring substituents is 1. The number of anilines is 1. The van der Waals surface area contributed by atoms with Crippen molar-refractivity contribution >= 4 is 17.3 Å². The smallest absolute Gasteiger partial charge is 0.338 e. The second kappa shape index (κ2) is 3.88. The summed E-state index contributed by atoms with van der Waals surface area (Å²) in [5.74, 6) is -2.83. The fourth-order valence-electron chi connectivity index (χ4n) is 0.967. The first-order valence-electron chi connectivity index (χ1n) is 3.58. The predicted octanol–water partition coefficient (Wildman–Crippen LogP) is 1.23. The van der Waals surface area contributed by atoms with Gasteiger partial charge in [-0.15, -0.1) is 0 Å². The Labute approximate surface area is 81.9 Å². The molecule has 1 rings (SSSR count). The lowest BCUT2D eigenvalue weighted by Gasteiger charge is -2.03. The lowest BCUT2D eigenvalue weighted by molar-refractivity contribution is -0.384. The molecule has 0 aliphatic heterocycles. The van der Waals surface area contributed by atoms with Crippen LogP contribution in [0.25, 0.3) is 0 Å². The number of rotatable bonds is 3. The van der Waals surface area contributed by atoms with Crippen LogP contribution in [-0.2, 0) is 0 Å². The van der Waals surface area contributed by atoms with Crippen molar-refractivity contribution in [3.8, 4) is 0 Å². The number of halogens is 1. The lowest BCUT2D eigenvalue weighted by Crippen LogP contribution is -2.05. The Morgan fingerprint density at radius 3 is 2.53 bits per heavy atom. The van der Waals surface area contributed by atoms with Crippen molar-refractivity contribution < 1.29 is 24.4 Å². The Morgan fingerprint density at radius 2 is 2.13 bits per heavy atom. The Bertz CT molecular complexity index is 434. The van der Waals surface area contributed by atoms with E-state index in [-0.39, 0.29) is 0 Å². The zero-order valence-electron chi connectivity index (χ0n) is 7.10. The fraction of sp³-hybridized carbons (Fsp3) is 0. The molecule has 0 aliphatic rings. The largest absolute Gasteiger partial charge is 0.478 e. The van der Waals surface area contributed by atoms with Crippen LogP contribution in [0.3, 0.4) is 0 Å². The standard InChI is InChI=1S/C7H5FN2O5/c8-4-2-6(10(14)15)5(9-13)1-3(4)7(11)12/h1-2,9,13H,(H,11,12). The number of hydrogen-bond acceptors (Lipinski definition) is 5. The molecule has 80 valence electrons. The highest BCUT2D eigenvalue weighted by molar-refractivity contribution is 5.90. The van der Waals surface area contributed by atoms with Gasteiger partial charge in [0.25, 0.3) is 5.69 Å². The summed E-state index contributed by atoms with van der Waals surface area (Å²) in [5, 5.41) is 27.3. The SMILES string of the molecule is O=C(O)c1cc(NO)c([N+](=O)[O-])cc1F. The summed E-state index contributed by atoms with van der Waals surface area (Å²) in [7, 11) is 0. The van der Waals surface area contributed by atoms with Gasteiger partial charge >= 0.3 is 5.97 Å². The Hall–Kier alpha value is -2.22. The molecule has 0 aliphatic carbocycles. The van der Waals surface area contributed by atoms with Crippen molar-refractivity contribution in [3.05, 3.63) is 33.6 Å². The number of aromatic carboxylic acids is 1. The Morgan fingerprint density at radius 1 is 1.53 bits per heavy atom. The molecule has 0 radical (unpaired) electrons. The molecule has 0 amide bonds. The number of carboxylic acid groups (broad SMARTS) is 1. The number of hydrogen-bond donors (Lipinski definition) is 3. The van der Waals surface area contributed by atoms with Crippen molar-refractivity contribution in [1.29, 1.82) is 0 Å². The maximum atomic E-state index is 13.0. The number of carbonyl (C=O) groups is 1. The number of carboxylic acids is 1. The van der Waals surface area contributed by atoms with Crippen molar-refractivity contribution in [1.82, 2.24) is 0 Å². The highest BCUT2D eigenvalue weighted by atomic mass is 19.1. The third kappa shape index (κ3) is 1.99. The second-order valence-corrected chi connectivity index (χ2v) is 2.52. The summed E-state index contributed by atoms with van der Waals surface area (Å²) in [6, 6.07) is 1.05. The quantitative estimate of drug-likeness (QED) is 0.517. The average Bonchev–Trinajstić information content (AvgIpc) is 2.16. The first-order valence-corrected chi connectivity index (χ1v) is 3.58. The molecule has 15 heavy (non-hydrogen) atoms. The molecule has 0 aromatic heterocycles. The van der Waals surface area contributed by atoms with Crippen LogP contribution in [-0.4, -0.2) is 21.2 Å². The van der Waals surface area contributed by atoms with Gasteiger partial charge in [0.15, 0.2) is 0 Å². The van der Waals surface area contributed by atoms with Crippen molar-refractivity contribution in [2.24, 2.45) is 0 Å². The molecule has 7 nitrogen and oxygen atoms in total. The van der Waals surface area contributed by atoms with Crippen LogP contribution in [0.2, 0.25) is 0 Å². The third-order valence-corrected chi connectivity index (χ3v) is 1.63. The van der Waals surface area contributed by atoms with Gasteiger partial charge in [-0.25, -0.2) is 9.18 Å². The van der Waals surface area contributed by atoms with Gasteiger partial charge in [-0.2, -0.15) is 0 Å². The van der Waals surface area contributed by atoms with E-state index in [0.717, 1.165) is 0 Å². The maximum Gasteiger partial charge on any atom is 0.338 e. The molecule has 0 unspecified atom stereocenters. The Kier molecular flexibility index (Phi) is 2.81. The van der Waals surface area contributed by atoms with Gasteiger partial charge in [-0.1, -0.05) is 0 Å². The van der Waals surface area contributed by atoms with Gasteiger partial charge in [0, 0.05) is 0 Å². The maximum absolute atomic E-state index is 13.0. The minimum Gasteiger partial charge on any atom is -0.478 e. The minimum absolute atomic E-state index is 0.419. The van der Waals surface area contributed by atoms with Crippen LogP contribution in [0, 0.1) is 15.9 Å². The van der Waals surface area contributed by atoms with Gasteiger partial charge in [-0.3, -0.25) is 20.8 Å². The third-order valence-electron chi connectivity index (χ3n) is 1.63. The van der Waals surface area contributed by atoms with E-state index in [1.807, 2.05) is 0 Å². The van der Waals surface area contributed by atoms with Crippen molar-refractivity contribution in [3.63, 3.8) is 0 Å². The molecule has 0 saturated carbocycles. The monoisotopic (exact) mass is 216 g/mol. The highest BCUT2D eigenvalue weighted by Crippen LogP contribution is 2.27. The lowest BCUT2D eigenvalue weighted by atomic mass is 10.1. The normalized spacial score (nSPS) is 9.73. The van der Waals surface area contributed by atoms with E-state index in [1.165, 1.54) is 5.48 Å². The predicted molar refractivity (Wildman–Crippen MR) is 45.4 cm³/mol. The second-order valence-electron chi connectivity index (χ2n) is 2.52. The number of nitrogens with zero attached hydrogens (tertiary/aromatic N) is 1. The molecule has 1 aromatic rings. The van der Waals surface area contributed by atoms with E-state index >= 15 is 0 Å². The Balaban J connectivity index is 3.42. The summed E-state index contributed by atoms with van der Waals surface area (Å²) in [6.07, 6.45) is 0. The summed E-state index contributed by atoms with van der Waals surface area (Å²) in [5.41, 5.74) is -0.576. The topological polar surface area (TPSA) is 113 Å². The zero-order valence-corrected chi connectivity index (χ0v) is 7.10. The molecule has 3 N–H and O–H groups in total. The molecule has 0 saturated heterocycles. The molecular weight excluding hydrogens is 211 g/mol. The van der Waals surface area contributed by atoms with Crippen LogP contribution in [0.15, 0.2) is 12.1 Å². The number of benzene rings is 1. The molecule has 0 fully saturated rings. The van der Waals surface area contributed by atoms with Gasteiger partial charge in [0.2, 0.25) is 0 Å². The van der Waals surface area contributed by atoms with E-state index < -0.39 is 33.6 Å². The summed E-state index contributed by atoms with van der Waals surface area (Å²) in [4.78, 5) is 19.9. The molecule has 0 bridgehead atoms. The number of nitro groups is 1. The van der Waals surface area contributed by atoms with Crippen LogP contribution >= 0.6 is 0 Å². The summed E-state index contributed by atoms with van der Waals surface area (Å²) >= 11 is 0. The molecule has 1 aromatic carbocycles. The van der Waals surface area contributed by atoms with E-state index in [9.17, 15) is 19.3 Å². The van der Waals surface area contributed by atoms with Gasteiger partial charge in [-0.05, 0) is 6.07 Å². The molecule has 8 heteroatoms. The number of nitrogens with one attached hydrogen (secondary N) is 1. The minimum atomic E-state index is -1.58. The van der Waals surface area contributed by atoms with Crippen LogP contribution < -0.4 is 5.48 Å². The van der Waals surface area contributed by atoms with Crippen molar-refractivity contribution in [2.45, 2.75) is 0 Å². The van der Waals surface area contributed by atoms with E-state index in [4.69, 9.17) is 10.3 Å². The van der Waals surface area contributed by atoms with Gasteiger partial charge in [0.1, 0.15) is 11.5 Å². The van der Waals surface area contributed by atoms with E-state index in [2.05, 4.69) is 0 Å². The van der Waals surface area contributed by atoms with E-state index in [0.29, 0.717) is 12.1 Å². The highest BCUT2D eigenvalue weighted by Gasteiger charge is 2.21. The molecule has 0 spiro atoms. The van der Waals surface area contributed by atoms with Crippen molar-refractivity contribution in [2.75, 3.05) is 5.48 Å². The summed E-state index contributed by atoms with van der Waals surface area (Å²) in [6.45, 7) is 0. The van der Waals surface area contributed by atoms with Gasteiger partial charge in [0.05, 0.1) is 16.6 Å².